The van der Waals surface area contributed by atoms with Gasteiger partial charge < -0.3 is 10.4 Å². The second-order valence-corrected chi connectivity index (χ2v) is 6.51. The van der Waals surface area contributed by atoms with Gasteiger partial charge in [-0.2, -0.15) is 5.10 Å². The Hall–Kier alpha value is -2.50. The van der Waals surface area contributed by atoms with Crippen LogP contribution in [0, 0.1) is 5.82 Å². The third kappa shape index (κ3) is 3.48. The molecular formula is C20H20FN3O. The molecule has 1 heterocycles. The minimum absolute atomic E-state index is 0.0258. The third-order valence-corrected chi connectivity index (χ3v) is 4.71. The van der Waals surface area contributed by atoms with Crippen molar-refractivity contribution in [1.29, 1.82) is 0 Å². The van der Waals surface area contributed by atoms with Crippen LogP contribution in [0.3, 0.4) is 0 Å². The molecule has 0 aliphatic heterocycles. The molecule has 1 aliphatic rings. The maximum Gasteiger partial charge on any atom is 0.123 e. The summed E-state index contributed by atoms with van der Waals surface area (Å²) in [5.74, 6) is -0.231. The average molecular weight is 337 g/mol. The second-order valence-electron chi connectivity index (χ2n) is 6.51. The molecular weight excluding hydrogens is 317 g/mol. The zero-order valence-electron chi connectivity index (χ0n) is 13.8. The standard InChI is InChI=1S/C20H20FN3O/c21-17-7-5-14(6-8-17)12-24-13-15(11-23-24)10-22-19-9-16-3-1-2-4-18(16)20(19)25/h1-8,11,13,19-20,22,25H,9-10,12H2/t19-,20-/m0/s1. The van der Waals surface area contributed by atoms with E-state index in [1.165, 1.54) is 17.7 Å². The molecule has 4 nitrogen and oxygen atoms in total. The van der Waals surface area contributed by atoms with E-state index in [9.17, 15) is 9.50 Å². The Labute approximate surface area is 145 Å². The number of hydrogen-bond acceptors (Lipinski definition) is 3. The number of hydrogen-bond donors (Lipinski definition) is 2. The summed E-state index contributed by atoms with van der Waals surface area (Å²) < 4.78 is 14.8. The average Bonchev–Trinajstić information content (AvgIpc) is 3.20. The first-order chi connectivity index (χ1) is 12.2. The summed E-state index contributed by atoms with van der Waals surface area (Å²) in [5, 5.41) is 18.2. The third-order valence-electron chi connectivity index (χ3n) is 4.71. The van der Waals surface area contributed by atoms with Crippen LogP contribution in [0.15, 0.2) is 60.9 Å². The van der Waals surface area contributed by atoms with E-state index in [1.54, 1.807) is 12.1 Å². The highest BCUT2D eigenvalue weighted by atomic mass is 19.1. The van der Waals surface area contributed by atoms with Gasteiger partial charge in [-0.3, -0.25) is 4.68 Å². The smallest absolute Gasteiger partial charge is 0.123 e. The number of aliphatic hydroxyl groups is 1. The molecule has 0 fully saturated rings. The summed E-state index contributed by atoms with van der Waals surface area (Å²) in [6.07, 6.45) is 4.17. The molecule has 128 valence electrons. The van der Waals surface area contributed by atoms with Gasteiger partial charge in [-0.05, 0) is 35.2 Å². The minimum atomic E-state index is -0.467. The summed E-state index contributed by atoms with van der Waals surface area (Å²) in [5.41, 5.74) is 4.29. The lowest BCUT2D eigenvalue weighted by atomic mass is 10.1. The Bertz CT molecular complexity index is 859. The quantitative estimate of drug-likeness (QED) is 0.753. The Morgan fingerprint density at radius 2 is 1.92 bits per heavy atom. The van der Waals surface area contributed by atoms with Crippen LogP contribution in [0.25, 0.3) is 0 Å². The van der Waals surface area contributed by atoms with E-state index in [4.69, 9.17) is 0 Å². The number of benzene rings is 2. The van der Waals surface area contributed by atoms with Crippen LogP contribution in [-0.4, -0.2) is 20.9 Å². The fourth-order valence-electron chi connectivity index (χ4n) is 3.37. The van der Waals surface area contributed by atoms with Gasteiger partial charge in [0.1, 0.15) is 5.82 Å². The SMILES string of the molecule is O[C@H]1c2ccccc2C[C@@H]1NCc1cnn(Cc2ccc(F)cc2)c1. The van der Waals surface area contributed by atoms with E-state index in [1.807, 2.05) is 35.3 Å². The largest absolute Gasteiger partial charge is 0.387 e. The van der Waals surface area contributed by atoms with E-state index < -0.39 is 6.10 Å². The molecule has 0 radical (unpaired) electrons. The van der Waals surface area contributed by atoms with Gasteiger partial charge in [-0.1, -0.05) is 36.4 Å². The van der Waals surface area contributed by atoms with Crippen molar-refractivity contribution < 1.29 is 9.50 Å². The summed E-state index contributed by atoms with van der Waals surface area (Å²) >= 11 is 0. The molecule has 2 aromatic carbocycles. The number of aromatic nitrogens is 2. The summed E-state index contributed by atoms with van der Waals surface area (Å²) in [4.78, 5) is 0. The predicted molar refractivity (Wildman–Crippen MR) is 93.5 cm³/mol. The zero-order chi connectivity index (χ0) is 17.2. The van der Waals surface area contributed by atoms with E-state index in [-0.39, 0.29) is 11.9 Å². The highest BCUT2D eigenvalue weighted by molar-refractivity contribution is 5.35. The van der Waals surface area contributed by atoms with Crippen LogP contribution in [-0.2, 0) is 19.5 Å². The van der Waals surface area contributed by atoms with Crippen molar-refractivity contribution in [1.82, 2.24) is 15.1 Å². The highest BCUT2D eigenvalue weighted by Crippen LogP contribution is 2.31. The van der Waals surface area contributed by atoms with Crippen LogP contribution in [0.4, 0.5) is 4.39 Å². The molecule has 1 aromatic heterocycles. The number of aliphatic hydroxyl groups excluding tert-OH is 1. The molecule has 2 N–H and O–H groups in total. The Morgan fingerprint density at radius 3 is 2.72 bits per heavy atom. The molecule has 0 spiro atoms. The van der Waals surface area contributed by atoms with Crippen LogP contribution < -0.4 is 5.32 Å². The Kier molecular flexibility index (Phi) is 4.34. The first-order valence-corrected chi connectivity index (χ1v) is 8.44. The van der Waals surface area contributed by atoms with Gasteiger partial charge in [0.15, 0.2) is 0 Å². The van der Waals surface area contributed by atoms with Crippen LogP contribution in [0.1, 0.15) is 28.4 Å². The topological polar surface area (TPSA) is 50.1 Å². The summed E-state index contributed by atoms with van der Waals surface area (Å²) in [6.45, 7) is 1.26. The molecule has 0 saturated carbocycles. The molecule has 4 rings (SSSR count). The molecule has 2 atom stereocenters. The van der Waals surface area contributed by atoms with Gasteiger partial charge in [0, 0.05) is 24.3 Å². The van der Waals surface area contributed by atoms with Gasteiger partial charge in [-0.25, -0.2) is 4.39 Å². The maximum atomic E-state index is 13.0. The first-order valence-electron chi connectivity index (χ1n) is 8.44. The fraction of sp³-hybridized carbons (Fsp3) is 0.250. The second kappa shape index (κ2) is 6.78. The molecule has 0 bridgehead atoms. The maximum absolute atomic E-state index is 13.0. The van der Waals surface area contributed by atoms with E-state index >= 15 is 0 Å². The van der Waals surface area contributed by atoms with Gasteiger partial charge in [0.2, 0.25) is 0 Å². The Balaban J connectivity index is 1.35. The normalized spacial score (nSPS) is 19.1. The number of halogens is 1. The molecule has 0 amide bonds. The molecule has 0 saturated heterocycles. The van der Waals surface area contributed by atoms with E-state index in [2.05, 4.69) is 16.5 Å². The lowest BCUT2D eigenvalue weighted by Gasteiger charge is -2.16. The molecule has 25 heavy (non-hydrogen) atoms. The van der Waals surface area contributed by atoms with Gasteiger partial charge >= 0.3 is 0 Å². The van der Waals surface area contributed by atoms with Crippen LogP contribution in [0.2, 0.25) is 0 Å². The van der Waals surface area contributed by atoms with Crippen molar-refractivity contribution in [2.45, 2.75) is 31.7 Å². The van der Waals surface area contributed by atoms with E-state index in [0.717, 1.165) is 23.1 Å². The van der Waals surface area contributed by atoms with Crippen molar-refractivity contribution in [3.05, 3.63) is 89.0 Å². The monoisotopic (exact) mass is 337 g/mol. The molecule has 5 heteroatoms. The van der Waals surface area contributed by atoms with Crippen molar-refractivity contribution in [3.8, 4) is 0 Å². The van der Waals surface area contributed by atoms with Gasteiger partial charge in [0.05, 0.1) is 18.8 Å². The number of nitrogens with zero attached hydrogens (tertiary/aromatic N) is 2. The van der Waals surface area contributed by atoms with Crippen molar-refractivity contribution in [3.63, 3.8) is 0 Å². The van der Waals surface area contributed by atoms with Crippen LogP contribution >= 0.6 is 0 Å². The van der Waals surface area contributed by atoms with Crippen molar-refractivity contribution in [2.24, 2.45) is 0 Å². The zero-order valence-corrected chi connectivity index (χ0v) is 13.8. The predicted octanol–water partition coefficient (Wildman–Crippen LogP) is 2.82. The Morgan fingerprint density at radius 1 is 1.12 bits per heavy atom. The number of fused-ring (bicyclic) bond motifs is 1. The van der Waals surface area contributed by atoms with Crippen LogP contribution in [0.5, 0.6) is 0 Å². The molecule has 3 aromatic rings. The number of nitrogens with one attached hydrogen (secondary N) is 1. The minimum Gasteiger partial charge on any atom is -0.387 e. The molecule has 1 aliphatic carbocycles. The lowest BCUT2D eigenvalue weighted by Crippen LogP contribution is -2.32. The molecule has 0 unspecified atom stereocenters. The van der Waals surface area contributed by atoms with Crippen molar-refractivity contribution >= 4 is 0 Å². The first kappa shape index (κ1) is 16.0. The fourth-order valence-corrected chi connectivity index (χ4v) is 3.37. The van der Waals surface area contributed by atoms with Gasteiger partial charge in [-0.15, -0.1) is 0 Å². The van der Waals surface area contributed by atoms with Gasteiger partial charge in [0.25, 0.3) is 0 Å². The number of rotatable bonds is 5. The lowest BCUT2D eigenvalue weighted by molar-refractivity contribution is 0.141. The van der Waals surface area contributed by atoms with Crippen molar-refractivity contribution in [2.75, 3.05) is 0 Å². The highest BCUT2D eigenvalue weighted by Gasteiger charge is 2.29. The summed E-state index contributed by atoms with van der Waals surface area (Å²) in [6, 6.07) is 14.5. The summed E-state index contributed by atoms with van der Waals surface area (Å²) in [7, 11) is 0. The van der Waals surface area contributed by atoms with E-state index in [0.29, 0.717) is 13.1 Å².